The van der Waals surface area contributed by atoms with Gasteiger partial charge >= 0.3 is 0 Å². The number of hydrogen-bond acceptors (Lipinski definition) is 2. The van der Waals surface area contributed by atoms with Crippen LogP contribution in [0.25, 0.3) is 11.1 Å². The molecule has 1 aromatic heterocycles. The molecule has 0 N–H and O–H groups in total. The van der Waals surface area contributed by atoms with Gasteiger partial charge in [0.1, 0.15) is 0 Å². The molecule has 0 fully saturated rings. The highest BCUT2D eigenvalue weighted by molar-refractivity contribution is 6.38. The molecular formula is C26H37N3O. The van der Waals surface area contributed by atoms with Crippen molar-refractivity contribution in [1.82, 2.24) is 9.47 Å². The second-order valence-corrected chi connectivity index (χ2v) is 9.24. The molecule has 0 bridgehead atoms. The Labute approximate surface area is 182 Å². The van der Waals surface area contributed by atoms with Crippen LogP contribution in [0.5, 0.6) is 0 Å². The summed E-state index contributed by atoms with van der Waals surface area (Å²) < 4.78 is 2.24. The van der Waals surface area contributed by atoms with Crippen molar-refractivity contribution in [2.45, 2.75) is 68.5 Å². The second kappa shape index (κ2) is 7.42. The Morgan fingerprint density at radius 2 is 1.37 bits per heavy atom. The third-order valence-corrected chi connectivity index (χ3v) is 7.73. The molecule has 3 rings (SSSR count). The van der Waals surface area contributed by atoms with E-state index in [4.69, 9.17) is 0 Å². The average Bonchev–Trinajstić information content (AvgIpc) is 3.10. The van der Waals surface area contributed by atoms with Crippen molar-refractivity contribution in [2.75, 3.05) is 19.0 Å². The Morgan fingerprint density at radius 1 is 0.833 bits per heavy atom. The number of amides is 1. The molecule has 1 atom stereocenters. The van der Waals surface area contributed by atoms with E-state index >= 15 is 0 Å². The number of rotatable bonds is 3. The lowest BCUT2D eigenvalue weighted by Crippen LogP contribution is -2.45. The Balaban J connectivity index is 2.47. The SMILES string of the molecule is CC(=C1C(=O)N(C(C)N(C)C)c2c(C)c(C)c(C)c(C)c21)c1c(C)c(C)c(C)n1C. The maximum Gasteiger partial charge on any atom is 0.260 e. The van der Waals surface area contributed by atoms with Gasteiger partial charge in [0, 0.05) is 24.0 Å². The van der Waals surface area contributed by atoms with E-state index in [-0.39, 0.29) is 12.1 Å². The zero-order chi connectivity index (χ0) is 22.8. The molecule has 0 saturated heterocycles. The van der Waals surface area contributed by atoms with Crippen LogP contribution in [0.4, 0.5) is 5.69 Å². The van der Waals surface area contributed by atoms with Gasteiger partial charge in [-0.1, -0.05) is 0 Å². The Morgan fingerprint density at radius 3 is 1.83 bits per heavy atom. The monoisotopic (exact) mass is 407 g/mol. The lowest BCUT2D eigenvalue weighted by Gasteiger charge is -2.32. The van der Waals surface area contributed by atoms with Crippen LogP contribution in [0.1, 0.15) is 64.2 Å². The van der Waals surface area contributed by atoms with Crippen molar-refractivity contribution in [2.24, 2.45) is 7.05 Å². The van der Waals surface area contributed by atoms with Crippen LogP contribution in [0.2, 0.25) is 0 Å². The summed E-state index contributed by atoms with van der Waals surface area (Å²) in [4.78, 5) is 18.1. The fourth-order valence-corrected chi connectivity index (χ4v) is 4.94. The summed E-state index contributed by atoms with van der Waals surface area (Å²) in [6.45, 7) is 19.4. The molecular weight excluding hydrogens is 370 g/mol. The van der Waals surface area contributed by atoms with Gasteiger partial charge in [0.15, 0.2) is 0 Å². The molecule has 1 unspecified atom stereocenters. The van der Waals surface area contributed by atoms with Crippen molar-refractivity contribution in [3.8, 4) is 0 Å². The van der Waals surface area contributed by atoms with E-state index < -0.39 is 0 Å². The highest BCUT2D eigenvalue weighted by atomic mass is 16.2. The number of allylic oxidation sites excluding steroid dienone is 1. The average molecular weight is 408 g/mol. The van der Waals surface area contributed by atoms with Gasteiger partial charge in [-0.2, -0.15) is 0 Å². The van der Waals surface area contributed by atoms with Crippen LogP contribution in [0, 0.1) is 48.5 Å². The zero-order valence-corrected chi connectivity index (χ0v) is 20.8. The number of fused-ring (bicyclic) bond motifs is 1. The second-order valence-electron chi connectivity index (χ2n) is 9.24. The molecule has 1 amide bonds. The molecule has 0 spiro atoms. The van der Waals surface area contributed by atoms with E-state index in [1.54, 1.807) is 0 Å². The summed E-state index contributed by atoms with van der Waals surface area (Å²) in [7, 11) is 6.17. The van der Waals surface area contributed by atoms with Gasteiger partial charge in [0.05, 0.1) is 17.4 Å². The first-order valence-corrected chi connectivity index (χ1v) is 10.8. The zero-order valence-electron chi connectivity index (χ0n) is 20.8. The maximum atomic E-state index is 14.0. The quantitative estimate of drug-likeness (QED) is 0.640. The third-order valence-electron chi connectivity index (χ3n) is 7.73. The molecule has 4 nitrogen and oxygen atoms in total. The minimum Gasteiger partial charge on any atom is -0.348 e. The topological polar surface area (TPSA) is 28.5 Å². The molecule has 162 valence electrons. The molecule has 2 aromatic rings. The third kappa shape index (κ3) is 2.88. The fourth-order valence-electron chi connectivity index (χ4n) is 4.94. The number of carbonyl (C=O) groups excluding carboxylic acids is 1. The predicted octanol–water partition coefficient (Wildman–Crippen LogP) is 5.37. The van der Waals surface area contributed by atoms with E-state index in [0.29, 0.717) is 0 Å². The van der Waals surface area contributed by atoms with Gasteiger partial charge in [0.2, 0.25) is 0 Å². The van der Waals surface area contributed by atoms with E-state index in [9.17, 15) is 4.79 Å². The van der Waals surface area contributed by atoms with Gasteiger partial charge in [-0.05, 0) is 115 Å². The van der Waals surface area contributed by atoms with Crippen molar-refractivity contribution in [3.63, 3.8) is 0 Å². The number of nitrogens with zero attached hydrogens (tertiary/aromatic N) is 3. The number of benzene rings is 1. The number of hydrogen-bond donors (Lipinski definition) is 0. The van der Waals surface area contributed by atoms with E-state index in [1.165, 1.54) is 39.1 Å². The molecule has 0 aliphatic carbocycles. The smallest absolute Gasteiger partial charge is 0.260 e. The summed E-state index contributed by atoms with van der Waals surface area (Å²) in [5.41, 5.74) is 14.0. The van der Waals surface area contributed by atoms with Crippen molar-refractivity contribution < 1.29 is 4.79 Å². The first-order chi connectivity index (χ1) is 13.8. The Kier molecular flexibility index (Phi) is 5.53. The highest BCUT2D eigenvalue weighted by Gasteiger charge is 2.41. The Hall–Kier alpha value is -2.33. The number of anilines is 1. The van der Waals surface area contributed by atoms with Crippen LogP contribution >= 0.6 is 0 Å². The maximum absolute atomic E-state index is 14.0. The number of aromatic nitrogens is 1. The minimum atomic E-state index is -0.0280. The summed E-state index contributed by atoms with van der Waals surface area (Å²) >= 11 is 0. The first kappa shape index (κ1) is 22.4. The standard InChI is InChI=1S/C26H37N3O/c1-13-14(2)17(5)25-22(16(13)4)23(26(30)29(25)21(9)27(10)11)19(7)24-18(6)15(3)20(8)28(24)12/h21H,1-12H3. The Bertz CT molecular complexity index is 1070. The minimum absolute atomic E-state index is 0.0280. The van der Waals surface area contributed by atoms with Crippen LogP contribution in [0.3, 0.4) is 0 Å². The summed E-state index contributed by atoms with van der Waals surface area (Å²) in [6.07, 6.45) is -0.0280. The van der Waals surface area contributed by atoms with Gasteiger partial charge in [-0.15, -0.1) is 0 Å². The summed E-state index contributed by atoms with van der Waals surface area (Å²) in [6, 6.07) is 0. The molecule has 1 aliphatic heterocycles. The van der Waals surface area contributed by atoms with Gasteiger partial charge < -0.3 is 4.57 Å². The van der Waals surface area contributed by atoms with E-state index in [2.05, 4.69) is 78.8 Å². The normalized spacial score (nSPS) is 16.6. The predicted molar refractivity (Wildman–Crippen MR) is 128 cm³/mol. The molecule has 0 saturated carbocycles. The molecule has 4 heteroatoms. The van der Waals surface area contributed by atoms with Gasteiger partial charge in [-0.3, -0.25) is 14.6 Å². The molecule has 1 aromatic carbocycles. The molecule has 1 aliphatic rings. The summed E-state index contributed by atoms with van der Waals surface area (Å²) in [5.74, 6) is 0.107. The molecule has 2 heterocycles. The van der Waals surface area contributed by atoms with Crippen LogP contribution in [0.15, 0.2) is 0 Å². The largest absolute Gasteiger partial charge is 0.348 e. The molecule has 30 heavy (non-hydrogen) atoms. The van der Waals surface area contributed by atoms with Crippen LogP contribution in [-0.2, 0) is 11.8 Å². The van der Waals surface area contributed by atoms with Crippen LogP contribution in [-0.4, -0.2) is 35.6 Å². The number of carbonyl (C=O) groups is 1. The highest BCUT2D eigenvalue weighted by Crippen LogP contribution is 2.48. The lowest BCUT2D eigenvalue weighted by molar-refractivity contribution is -0.113. The first-order valence-electron chi connectivity index (χ1n) is 10.8. The van der Waals surface area contributed by atoms with E-state index in [1.807, 2.05) is 19.0 Å². The van der Waals surface area contributed by atoms with Crippen molar-refractivity contribution in [3.05, 3.63) is 50.3 Å². The lowest BCUT2D eigenvalue weighted by atomic mass is 9.88. The van der Waals surface area contributed by atoms with Gasteiger partial charge in [-0.25, -0.2) is 0 Å². The van der Waals surface area contributed by atoms with Crippen LogP contribution < -0.4 is 4.90 Å². The summed E-state index contributed by atoms with van der Waals surface area (Å²) in [5, 5.41) is 0. The molecule has 0 radical (unpaired) electrons. The van der Waals surface area contributed by atoms with E-state index in [0.717, 1.165) is 28.1 Å². The fraction of sp³-hybridized carbons (Fsp3) is 0.500. The van der Waals surface area contributed by atoms with Crippen molar-refractivity contribution >= 4 is 22.7 Å². The van der Waals surface area contributed by atoms with Gasteiger partial charge in [0.25, 0.3) is 5.91 Å². The van der Waals surface area contributed by atoms with Crippen molar-refractivity contribution in [1.29, 1.82) is 0 Å².